The number of thiophene rings is 1. The number of amides is 1. The third-order valence-electron chi connectivity index (χ3n) is 5.23. The van der Waals surface area contributed by atoms with E-state index in [2.05, 4.69) is 21.7 Å². The molecule has 0 bridgehead atoms. The summed E-state index contributed by atoms with van der Waals surface area (Å²) in [5, 5.41) is 5.08. The number of benzene rings is 1. The number of rotatable bonds is 6. The van der Waals surface area contributed by atoms with Crippen molar-refractivity contribution in [3.63, 3.8) is 0 Å². The van der Waals surface area contributed by atoms with Gasteiger partial charge in [-0.25, -0.2) is 4.79 Å². The van der Waals surface area contributed by atoms with Gasteiger partial charge in [-0.05, 0) is 61.2 Å². The van der Waals surface area contributed by atoms with Crippen molar-refractivity contribution < 1.29 is 14.3 Å². The van der Waals surface area contributed by atoms with Crippen LogP contribution in [0.25, 0.3) is 0 Å². The number of carbonyl (C=O) groups is 2. The summed E-state index contributed by atoms with van der Waals surface area (Å²) in [5.41, 5.74) is 2.32. The number of hydrogen-bond acceptors (Lipinski definition) is 5. The van der Waals surface area contributed by atoms with Crippen LogP contribution in [0.1, 0.15) is 46.6 Å². The molecule has 1 aliphatic carbocycles. The van der Waals surface area contributed by atoms with Crippen molar-refractivity contribution in [1.82, 2.24) is 4.90 Å². The highest BCUT2D eigenvalue weighted by atomic mass is 32.1. The van der Waals surface area contributed by atoms with E-state index in [1.54, 1.807) is 25.1 Å². The van der Waals surface area contributed by atoms with Crippen LogP contribution in [0.3, 0.4) is 0 Å². The molecule has 2 heterocycles. The summed E-state index contributed by atoms with van der Waals surface area (Å²) in [4.78, 5) is 28.6. The smallest absolute Gasteiger partial charge is 0.340 e. The van der Waals surface area contributed by atoms with Crippen LogP contribution in [0.4, 0.5) is 5.69 Å². The molecular weight excluding hydrogens is 360 g/mol. The zero-order valence-corrected chi connectivity index (χ0v) is 16.3. The monoisotopic (exact) mass is 384 g/mol. The van der Waals surface area contributed by atoms with Gasteiger partial charge < -0.3 is 10.1 Å². The Morgan fingerprint density at radius 3 is 2.85 bits per heavy atom. The van der Waals surface area contributed by atoms with Gasteiger partial charge in [-0.3, -0.25) is 9.69 Å². The molecule has 27 heavy (non-hydrogen) atoms. The molecule has 0 spiro atoms. The predicted molar refractivity (Wildman–Crippen MR) is 106 cm³/mol. The molecule has 1 N–H and O–H groups in total. The van der Waals surface area contributed by atoms with Crippen LogP contribution in [0.2, 0.25) is 0 Å². The van der Waals surface area contributed by atoms with Crippen molar-refractivity contribution in [3.8, 4) is 0 Å². The Hall–Kier alpha value is -2.18. The van der Waals surface area contributed by atoms with Gasteiger partial charge in [0, 0.05) is 17.5 Å². The van der Waals surface area contributed by atoms with Gasteiger partial charge in [0.15, 0.2) is 0 Å². The molecule has 6 heteroatoms. The number of carbonyl (C=O) groups excluding carboxylic acids is 2. The van der Waals surface area contributed by atoms with E-state index in [4.69, 9.17) is 4.74 Å². The molecule has 142 valence electrons. The number of nitrogens with one attached hydrogen (secondary N) is 1. The summed E-state index contributed by atoms with van der Waals surface area (Å²) in [6.45, 7) is 3.32. The molecule has 2 aliphatic rings. The van der Waals surface area contributed by atoms with Gasteiger partial charge >= 0.3 is 5.97 Å². The molecule has 1 aliphatic heterocycles. The lowest BCUT2D eigenvalue weighted by Gasteiger charge is -2.35. The minimum Gasteiger partial charge on any atom is -0.462 e. The quantitative estimate of drug-likeness (QED) is 0.768. The minimum absolute atomic E-state index is 0.0870. The van der Waals surface area contributed by atoms with E-state index >= 15 is 0 Å². The average Bonchev–Trinajstić information content (AvgIpc) is 3.38. The molecule has 2 aromatic rings. The second-order valence-electron chi connectivity index (χ2n) is 7.12. The third kappa shape index (κ3) is 3.92. The fraction of sp³-hybridized carbons (Fsp3) is 0.429. The average molecular weight is 385 g/mol. The molecule has 5 nitrogen and oxygen atoms in total. The predicted octanol–water partition coefficient (Wildman–Crippen LogP) is 3.87. The summed E-state index contributed by atoms with van der Waals surface area (Å²) in [6.07, 6.45) is 3.48. The zero-order valence-electron chi connectivity index (χ0n) is 15.4. The lowest BCUT2D eigenvalue weighted by Crippen LogP contribution is -2.41. The first-order valence-electron chi connectivity index (χ1n) is 9.53. The lowest BCUT2D eigenvalue weighted by molar-refractivity contribution is -0.118. The molecule has 0 saturated heterocycles. The molecule has 1 aromatic heterocycles. The Morgan fingerprint density at radius 1 is 1.26 bits per heavy atom. The standard InChI is InChI=1S/C21H24N2O3S/c1-2-26-21(25)15-5-3-4-6-17(15)22-19(24)13-23-11-9-18-16(10-12-27-18)20(23)14-7-8-14/h3-6,10,12,14,20H,2,7-9,11,13H2,1H3,(H,22,24)/t20-/m0/s1. The van der Waals surface area contributed by atoms with Gasteiger partial charge in [-0.2, -0.15) is 0 Å². The van der Waals surface area contributed by atoms with E-state index in [1.807, 2.05) is 17.4 Å². The van der Waals surface area contributed by atoms with E-state index in [0.717, 1.165) is 13.0 Å². The van der Waals surface area contributed by atoms with Crippen LogP contribution in [0.15, 0.2) is 35.7 Å². The number of para-hydroxylation sites is 1. The molecule has 1 saturated carbocycles. The maximum Gasteiger partial charge on any atom is 0.340 e. The van der Waals surface area contributed by atoms with Gasteiger partial charge in [0.05, 0.1) is 24.4 Å². The SMILES string of the molecule is CCOC(=O)c1ccccc1NC(=O)CN1CCc2sccc2[C@@H]1C1CC1. The Labute approximate surface area is 163 Å². The molecule has 1 atom stereocenters. The lowest BCUT2D eigenvalue weighted by atomic mass is 9.96. The van der Waals surface area contributed by atoms with Crippen LogP contribution in [0, 0.1) is 5.92 Å². The van der Waals surface area contributed by atoms with E-state index in [1.165, 1.54) is 23.3 Å². The van der Waals surface area contributed by atoms with Crippen molar-refractivity contribution in [2.24, 2.45) is 5.92 Å². The van der Waals surface area contributed by atoms with Crippen LogP contribution in [-0.4, -0.2) is 36.5 Å². The van der Waals surface area contributed by atoms with Gasteiger partial charge in [0.2, 0.25) is 5.91 Å². The number of anilines is 1. The van der Waals surface area contributed by atoms with E-state index in [9.17, 15) is 9.59 Å². The van der Waals surface area contributed by atoms with E-state index in [0.29, 0.717) is 36.4 Å². The van der Waals surface area contributed by atoms with Gasteiger partial charge in [-0.15, -0.1) is 11.3 Å². The summed E-state index contributed by atoms with van der Waals surface area (Å²) < 4.78 is 5.09. The third-order valence-corrected chi connectivity index (χ3v) is 6.23. The van der Waals surface area contributed by atoms with Crippen LogP contribution >= 0.6 is 11.3 Å². The maximum absolute atomic E-state index is 12.7. The Bertz CT molecular complexity index is 843. The normalized spacial score (nSPS) is 19.4. The topological polar surface area (TPSA) is 58.6 Å². The molecule has 1 fully saturated rings. The first kappa shape index (κ1) is 18.2. The van der Waals surface area contributed by atoms with Crippen LogP contribution in [0.5, 0.6) is 0 Å². The molecule has 4 rings (SSSR count). The summed E-state index contributed by atoms with van der Waals surface area (Å²) in [7, 11) is 0. The highest BCUT2D eigenvalue weighted by molar-refractivity contribution is 7.10. The number of fused-ring (bicyclic) bond motifs is 1. The number of hydrogen-bond donors (Lipinski definition) is 1. The number of nitrogens with zero attached hydrogens (tertiary/aromatic N) is 1. The highest BCUT2D eigenvalue weighted by Crippen LogP contribution is 2.48. The first-order chi connectivity index (χ1) is 13.2. The highest BCUT2D eigenvalue weighted by Gasteiger charge is 2.40. The Morgan fingerprint density at radius 2 is 2.07 bits per heavy atom. The maximum atomic E-state index is 12.7. The Kier molecular flexibility index (Phi) is 5.27. The van der Waals surface area contributed by atoms with Gasteiger partial charge in [0.1, 0.15) is 0 Å². The van der Waals surface area contributed by atoms with Crippen LogP contribution in [-0.2, 0) is 16.0 Å². The van der Waals surface area contributed by atoms with Crippen LogP contribution < -0.4 is 5.32 Å². The largest absolute Gasteiger partial charge is 0.462 e. The van der Waals surface area contributed by atoms with Gasteiger partial charge in [-0.1, -0.05) is 12.1 Å². The second kappa shape index (κ2) is 7.82. The molecule has 0 radical (unpaired) electrons. The van der Waals surface area contributed by atoms with Crippen molar-refractivity contribution in [3.05, 3.63) is 51.7 Å². The molecule has 0 unspecified atom stereocenters. The van der Waals surface area contributed by atoms with E-state index < -0.39 is 5.97 Å². The zero-order chi connectivity index (χ0) is 18.8. The molecule has 1 aromatic carbocycles. The molecule has 1 amide bonds. The van der Waals surface area contributed by atoms with Crippen molar-refractivity contribution in [1.29, 1.82) is 0 Å². The van der Waals surface area contributed by atoms with E-state index in [-0.39, 0.29) is 5.91 Å². The first-order valence-corrected chi connectivity index (χ1v) is 10.4. The van der Waals surface area contributed by atoms with Crippen molar-refractivity contribution in [2.45, 2.75) is 32.2 Å². The van der Waals surface area contributed by atoms with Gasteiger partial charge in [0.25, 0.3) is 0 Å². The fourth-order valence-corrected chi connectivity index (χ4v) is 4.81. The molecular formula is C21H24N2O3S. The van der Waals surface area contributed by atoms with Crippen molar-refractivity contribution >= 4 is 28.9 Å². The second-order valence-corrected chi connectivity index (χ2v) is 8.12. The Balaban J connectivity index is 1.47. The number of ether oxygens (including phenoxy) is 1. The van der Waals surface area contributed by atoms with Crippen molar-refractivity contribution in [2.75, 3.05) is 25.0 Å². The summed E-state index contributed by atoms with van der Waals surface area (Å²) in [6, 6.07) is 9.58. The summed E-state index contributed by atoms with van der Waals surface area (Å²) >= 11 is 1.83. The number of esters is 1. The fourth-order valence-electron chi connectivity index (χ4n) is 3.89. The summed E-state index contributed by atoms with van der Waals surface area (Å²) in [5.74, 6) is 0.166. The minimum atomic E-state index is -0.412.